The van der Waals surface area contributed by atoms with Gasteiger partial charge in [0.25, 0.3) is 5.91 Å². The van der Waals surface area contributed by atoms with Crippen LogP contribution in [0, 0.1) is 0 Å². The van der Waals surface area contributed by atoms with Crippen molar-refractivity contribution in [2.24, 2.45) is 0 Å². The third-order valence-corrected chi connectivity index (χ3v) is 4.09. The molecule has 1 aromatic carbocycles. The van der Waals surface area contributed by atoms with Crippen molar-refractivity contribution in [3.05, 3.63) is 58.8 Å². The summed E-state index contributed by atoms with van der Waals surface area (Å²) in [5.74, 6) is -0.212. The molecule has 0 saturated heterocycles. The molecule has 0 aliphatic rings. The molecular weight excluding hydrogens is 308 g/mol. The number of benzene rings is 1. The molecule has 0 unspecified atom stereocenters. The van der Waals surface area contributed by atoms with Gasteiger partial charge in [-0.3, -0.25) is 9.69 Å². The number of aromatic nitrogens is 3. The average molecular weight is 319 g/mol. The van der Waals surface area contributed by atoms with Crippen molar-refractivity contribution < 1.29 is 4.79 Å². The van der Waals surface area contributed by atoms with Crippen LogP contribution in [0.25, 0.3) is 5.69 Å². The first-order valence-electron chi connectivity index (χ1n) is 6.15. The van der Waals surface area contributed by atoms with Crippen LogP contribution in [0.15, 0.2) is 48.1 Å². The maximum atomic E-state index is 12.4. The van der Waals surface area contributed by atoms with Gasteiger partial charge in [-0.2, -0.15) is 5.10 Å². The minimum Gasteiger partial charge on any atom is -0.286 e. The third-order valence-electron chi connectivity index (χ3n) is 2.92. The molecule has 7 heteroatoms. The van der Waals surface area contributed by atoms with Gasteiger partial charge in [0.15, 0.2) is 10.8 Å². The number of thiazole rings is 1. The van der Waals surface area contributed by atoms with Gasteiger partial charge >= 0.3 is 0 Å². The van der Waals surface area contributed by atoms with Crippen molar-refractivity contribution in [3.63, 3.8) is 0 Å². The van der Waals surface area contributed by atoms with Crippen LogP contribution < -0.4 is 4.90 Å². The van der Waals surface area contributed by atoms with Crippen LogP contribution in [0.2, 0.25) is 5.02 Å². The Morgan fingerprint density at radius 1 is 1.33 bits per heavy atom. The molecule has 5 nitrogen and oxygen atoms in total. The molecule has 0 atom stereocenters. The van der Waals surface area contributed by atoms with Crippen LogP contribution in [0.5, 0.6) is 0 Å². The zero-order chi connectivity index (χ0) is 14.8. The molecule has 0 radical (unpaired) electrons. The van der Waals surface area contributed by atoms with Crippen molar-refractivity contribution in [2.45, 2.75) is 0 Å². The summed E-state index contributed by atoms with van der Waals surface area (Å²) in [6.07, 6.45) is 3.37. The first-order valence-corrected chi connectivity index (χ1v) is 7.40. The fraction of sp³-hybridized carbons (Fsp3) is 0.0714. The van der Waals surface area contributed by atoms with Gasteiger partial charge < -0.3 is 0 Å². The van der Waals surface area contributed by atoms with Gasteiger partial charge in [-0.25, -0.2) is 9.67 Å². The maximum absolute atomic E-state index is 12.4. The molecule has 3 aromatic rings. The van der Waals surface area contributed by atoms with Crippen LogP contribution in [0.4, 0.5) is 5.13 Å². The van der Waals surface area contributed by atoms with Crippen molar-refractivity contribution >= 4 is 34.0 Å². The zero-order valence-corrected chi connectivity index (χ0v) is 12.7. The number of anilines is 1. The van der Waals surface area contributed by atoms with E-state index in [-0.39, 0.29) is 5.91 Å². The Bertz CT molecular complexity index is 769. The van der Waals surface area contributed by atoms with E-state index in [1.807, 2.05) is 23.6 Å². The molecule has 0 aliphatic heterocycles. The number of carbonyl (C=O) groups is 1. The van der Waals surface area contributed by atoms with Crippen LogP contribution in [0.1, 0.15) is 10.5 Å². The lowest BCUT2D eigenvalue weighted by Crippen LogP contribution is -2.26. The quantitative estimate of drug-likeness (QED) is 0.745. The normalized spacial score (nSPS) is 10.6. The molecule has 0 saturated carbocycles. The van der Waals surface area contributed by atoms with E-state index in [0.717, 1.165) is 5.69 Å². The van der Waals surface area contributed by atoms with E-state index < -0.39 is 0 Å². The van der Waals surface area contributed by atoms with Crippen LogP contribution >= 0.6 is 22.9 Å². The summed E-state index contributed by atoms with van der Waals surface area (Å²) in [5.41, 5.74) is 1.07. The summed E-state index contributed by atoms with van der Waals surface area (Å²) in [4.78, 5) is 17.9. The van der Waals surface area contributed by atoms with E-state index in [1.165, 1.54) is 16.2 Å². The molecule has 2 aromatic heterocycles. The predicted octanol–water partition coefficient (Wildman–Crippen LogP) is 3.26. The Morgan fingerprint density at radius 3 is 2.86 bits per heavy atom. The van der Waals surface area contributed by atoms with Gasteiger partial charge in [-0.15, -0.1) is 11.3 Å². The summed E-state index contributed by atoms with van der Waals surface area (Å²) in [7, 11) is 1.68. The molecule has 2 heterocycles. The van der Waals surface area contributed by atoms with Gasteiger partial charge in [-0.1, -0.05) is 23.7 Å². The molecule has 106 valence electrons. The Hall–Kier alpha value is -2.18. The fourth-order valence-electron chi connectivity index (χ4n) is 1.85. The van der Waals surface area contributed by atoms with Gasteiger partial charge in [0.05, 0.1) is 10.7 Å². The second-order valence-electron chi connectivity index (χ2n) is 4.28. The molecule has 3 rings (SSSR count). The molecule has 0 aliphatic carbocycles. The smallest absolute Gasteiger partial charge is 0.280 e. The van der Waals surface area contributed by atoms with E-state index >= 15 is 0 Å². The molecule has 0 bridgehead atoms. The number of hydrogen-bond acceptors (Lipinski definition) is 4. The van der Waals surface area contributed by atoms with E-state index in [1.54, 1.807) is 36.3 Å². The molecule has 21 heavy (non-hydrogen) atoms. The van der Waals surface area contributed by atoms with Gasteiger partial charge in [0.1, 0.15) is 0 Å². The summed E-state index contributed by atoms with van der Waals surface area (Å²) >= 11 is 7.52. The number of carbonyl (C=O) groups excluding carboxylic acids is 1. The first-order chi connectivity index (χ1) is 10.2. The van der Waals surface area contributed by atoms with Crippen molar-refractivity contribution in [2.75, 3.05) is 11.9 Å². The fourth-order valence-corrected chi connectivity index (χ4v) is 2.68. The largest absolute Gasteiger partial charge is 0.286 e. The Morgan fingerprint density at radius 2 is 2.14 bits per heavy atom. The second kappa shape index (κ2) is 5.67. The van der Waals surface area contributed by atoms with Crippen molar-refractivity contribution in [3.8, 4) is 5.69 Å². The SMILES string of the molecule is CN(C(=O)c1ccn(-c2ccccc2Cl)n1)c1nccs1. The van der Waals surface area contributed by atoms with E-state index in [0.29, 0.717) is 15.8 Å². The Labute approximate surface area is 130 Å². The van der Waals surface area contributed by atoms with E-state index in [2.05, 4.69) is 10.1 Å². The lowest BCUT2D eigenvalue weighted by Gasteiger charge is -2.11. The maximum Gasteiger partial charge on any atom is 0.280 e. The van der Waals surface area contributed by atoms with Gasteiger partial charge in [-0.05, 0) is 18.2 Å². The summed E-state index contributed by atoms with van der Waals surface area (Å²) < 4.78 is 1.59. The third kappa shape index (κ3) is 2.68. The van der Waals surface area contributed by atoms with Crippen molar-refractivity contribution in [1.82, 2.24) is 14.8 Å². The number of rotatable bonds is 3. The highest BCUT2D eigenvalue weighted by molar-refractivity contribution is 7.13. The summed E-state index contributed by atoms with van der Waals surface area (Å²) in [6.45, 7) is 0. The highest BCUT2D eigenvalue weighted by Crippen LogP contribution is 2.21. The standard InChI is InChI=1S/C14H11ClN4OS/c1-18(14-16-7-9-21-14)13(20)11-6-8-19(17-11)12-5-3-2-4-10(12)15/h2-9H,1H3. The first kappa shape index (κ1) is 13.8. The second-order valence-corrected chi connectivity index (χ2v) is 5.56. The highest BCUT2D eigenvalue weighted by atomic mass is 35.5. The van der Waals surface area contributed by atoms with Crippen LogP contribution in [-0.4, -0.2) is 27.7 Å². The van der Waals surface area contributed by atoms with Crippen molar-refractivity contribution in [1.29, 1.82) is 0 Å². The Kier molecular flexibility index (Phi) is 3.72. The van der Waals surface area contributed by atoms with Gasteiger partial charge in [0.2, 0.25) is 0 Å². The minimum atomic E-state index is -0.212. The number of hydrogen-bond donors (Lipinski definition) is 0. The molecule has 1 amide bonds. The van der Waals surface area contributed by atoms with Gasteiger partial charge in [0, 0.05) is 24.8 Å². The van der Waals surface area contributed by atoms with Crippen LogP contribution in [0.3, 0.4) is 0 Å². The molecule has 0 spiro atoms. The average Bonchev–Trinajstić information content (AvgIpc) is 3.17. The lowest BCUT2D eigenvalue weighted by molar-refractivity contribution is 0.0988. The highest BCUT2D eigenvalue weighted by Gasteiger charge is 2.18. The monoisotopic (exact) mass is 318 g/mol. The van der Waals surface area contributed by atoms with E-state index in [4.69, 9.17) is 11.6 Å². The number of halogens is 1. The zero-order valence-electron chi connectivity index (χ0n) is 11.1. The molecule has 0 N–H and O–H groups in total. The molecule has 0 fully saturated rings. The summed E-state index contributed by atoms with van der Waals surface area (Å²) in [6, 6.07) is 9.00. The Balaban J connectivity index is 1.89. The van der Waals surface area contributed by atoms with E-state index in [9.17, 15) is 4.79 Å². The predicted molar refractivity (Wildman–Crippen MR) is 83.4 cm³/mol. The topological polar surface area (TPSA) is 51.0 Å². The number of nitrogens with zero attached hydrogens (tertiary/aromatic N) is 4. The number of para-hydroxylation sites is 1. The number of amides is 1. The lowest BCUT2D eigenvalue weighted by atomic mass is 10.3. The van der Waals surface area contributed by atoms with Crippen LogP contribution in [-0.2, 0) is 0 Å². The minimum absolute atomic E-state index is 0.212. The molecular formula is C14H11ClN4OS. The summed E-state index contributed by atoms with van der Waals surface area (Å²) in [5, 5.41) is 7.32.